The second kappa shape index (κ2) is 15.1. The van der Waals surface area contributed by atoms with Gasteiger partial charge in [-0.2, -0.15) is 0 Å². The van der Waals surface area contributed by atoms with Crippen LogP contribution < -0.4 is 20.4 Å². The number of piperazine rings is 1. The van der Waals surface area contributed by atoms with E-state index >= 15 is 0 Å². The van der Waals surface area contributed by atoms with Gasteiger partial charge < -0.3 is 14.9 Å². The molecule has 0 saturated carbocycles. The Bertz CT molecular complexity index is 2070. The van der Waals surface area contributed by atoms with E-state index in [4.69, 9.17) is 0 Å². The first-order chi connectivity index (χ1) is 26.2. The number of hydrogen-bond acceptors (Lipinski definition) is 11. The molecular formula is C38H40FN9O5S. The maximum atomic E-state index is 14.4. The number of halogens is 1. The number of phenols is 1. The van der Waals surface area contributed by atoms with E-state index < -0.39 is 23.8 Å². The van der Waals surface area contributed by atoms with Crippen molar-refractivity contribution in [3.05, 3.63) is 94.5 Å². The zero-order valence-electron chi connectivity index (χ0n) is 29.5. The molecular weight excluding hydrogens is 714 g/mol. The Morgan fingerprint density at radius 1 is 1.00 bits per heavy atom. The molecule has 3 N–H and O–H groups in total. The van der Waals surface area contributed by atoms with Crippen LogP contribution in [0.5, 0.6) is 5.75 Å². The summed E-state index contributed by atoms with van der Waals surface area (Å²) < 4.78 is 14.4. The minimum Gasteiger partial charge on any atom is -0.508 e. The number of fused-ring (bicyclic) bond motifs is 1. The van der Waals surface area contributed by atoms with E-state index in [1.165, 1.54) is 22.3 Å². The van der Waals surface area contributed by atoms with Gasteiger partial charge in [0.05, 0.1) is 11.9 Å². The van der Waals surface area contributed by atoms with Crippen molar-refractivity contribution in [3.8, 4) is 5.75 Å². The molecule has 54 heavy (non-hydrogen) atoms. The first-order valence-electron chi connectivity index (χ1n) is 18.1. The number of nitrogens with zero attached hydrogens (tertiary/aromatic N) is 7. The lowest BCUT2D eigenvalue weighted by atomic mass is 10.0. The first-order valence-corrected chi connectivity index (χ1v) is 19.0. The summed E-state index contributed by atoms with van der Waals surface area (Å²) >= 11 is 1.22. The molecule has 16 heteroatoms. The Hall–Kier alpha value is -5.45. The minimum absolute atomic E-state index is 0.000638. The van der Waals surface area contributed by atoms with Gasteiger partial charge in [-0.3, -0.25) is 44.7 Å². The maximum absolute atomic E-state index is 14.4. The SMILES string of the molecule is O=C1CCN(c2cnccc2CN2CCN(C3CCN(c4ccc5c(c4)C(=O)N(C(C(=O)Nc4nccs4)c4cc(F)ccc4O)C5)CC3)CC2)C(=O)N1. The second-order valence-corrected chi connectivity index (χ2v) is 14.9. The Kier molecular flexibility index (Phi) is 9.96. The number of carbonyl (C=O) groups is 4. The van der Waals surface area contributed by atoms with Crippen molar-refractivity contribution >= 4 is 51.6 Å². The summed E-state index contributed by atoms with van der Waals surface area (Å²) in [5.41, 5.74) is 3.92. The maximum Gasteiger partial charge on any atom is 0.328 e. The molecule has 1 unspecified atom stereocenters. The summed E-state index contributed by atoms with van der Waals surface area (Å²) in [6.07, 6.45) is 7.20. The predicted molar refractivity (Wildman–Crippen MR) is 200 cm³/mol. The van der Waals surface area contributed by atoms with Gasteiger partial charge in [0.2, 0.25) is 5.91 Å². The van der Waals surface area contributed by atoms with Crippen molar-refractivity contribution < 1.29 is 28.7 Å². The number of aromatic hydroxyl groups is 1. The molecule has 6 heterocycles. The highest BCUT2D eigenvalue weighted by atomic mass is 32.1. The van der Waals surface area contributed by atoms with Crippen molar-refractivity contribution in [1.82, 2.24) is 30.0 Å². The molecule has 14 nitrogen and oxygen atoms in total. The van der Waals surface area contributed by atoms with Gasteiger partial charge in [-0.25, -0.2) is 14.2 Å². The zero-order chi connectivity index (χ0) is 37.3. The highest BCUT2D eigenvalue weighted by Gasteiger charge is 2.40. The van der Waals surface area contributed by atoms with Gasteiger partial charge in [0.15, 0.2) is 5.13 Å². The molecule has 2 aromatic heterocycles. The van der Waals surface area contributed by atoms with Crippen LogP contribution in [0.15, 0.2) is 66.4 Å². The van der Waals surface area contributed by atoms with E-state index in [1.807, 2.05) is 24.3 Å². The normalized spacial score (nSPS) is 19.2. The van der Waals surface area contributed by atoms with Crippen LogP contribution in [0.3, 0.4) is 0 Å². The number of nitrogens with one attached hydrogen (secondary N) is 2. The Morgan fingerprint density at radius 2 is 1.81 bits per heavy atom. The number of anilines is 3. The highest BCUT2D eigenvalue weighted by Crippen LogP contribution is 2.38. The van der Waals surface area contributed by atoms with Crippen molar-refractivity contribution in [2.45, 2.75) is 44.4 Å². The monoisotopic (exact) mass is 753 g/mol. The number of urea groups is 1. The van der Waals surface area contributed by atoms with Crippen LogP contribution in [0, 0.1) is 5.82 Å². The smallest absolute Gasteiger partial charge is 0.328 e. The summed E-state index contributed by atoms with van der Waals surface area (Å²) in [4.78, 5) is 70.3. The summed E-state index contributed by atoms with van der Waals surface area (Å²) in [5, 5.41) is 17.8. The molecule has 280 valence electrons. The molecule has 4 aromatic rings. The molecule has 3 saturated heterocycles. The number of pyridine rings is 1. The van der Waals surface area contributed by atoms with Crippen molar-refractivity contribution in [3.63, 3.8) is 0 Å². The third-order valence-corrected chi connectivity index (χ3v) is 11.5. The molecule has 0 radical (unpaired) electrons. The van der Waals surface area contributed by atoms with Gasteiger partial charge in [-0.15, -0.1) is 11.3 Å². The Balaban J connectivity index is 0.883. The number of piperidine rings is 1. The molecule has 4 aliphatic heterocycles. The Labute approximate surface area is 315 Å². The average Bonchev–Trinajstić information content (AvgIpc) is 3.81. The van der Waals surface area contributed by atoms with Crippen molar-refractivity contribution in [2.75, 3.05) is 60.9 Å². The van der Waals surface area contributed by atoms with Gasteiger partial charge in [-0.05, 0) is 60.4 Å². The highest BCUT2D eigenvalue weighted by molar-refractivity contribution is 7.13. The van der Waals surface area contributed by atoms with E-state index in [0.717, 1.165) is 86.7 Å². The number of imide groups is 1. The topological polar surface area (TPSA) is 155 Å². The van der Waals surface area contributed by atoms with Crippen LogP contribution in [0.1, 0.15) is 52.4 Å². The molecule has 8 rings (SSSR count). The van der Waals surface area contributed by atoms with Gasteiger partial charge >= 0.3 is 6.03 Å². The molecule has 0 spiro atoms. The number of thiazole rings is 1. The van der Waals surface area contributed by atoms with E-state index in [-0.39, 0.29) is 36.1 Å². The number of rotatable bonds is 9. The summed E-state index contributed by atoms with van der Waals surface area (Å²) in [5.74, 6) is -2.13. The number of hydrogen-bond donors (Lipinski definition) is 3. The van der Waals surface area contributed by atoms with Crippen LogP contribution in [-0.4, -0.2) is 105 Å². The second-order valence-electron chi connectivity index (χ2n) is 14.0. The fraction of sp³-hybridized carbons (Fsp3) is 0.368. The number of phenolic OH excluding ortho intramolecular Hbond substituents is 1. The van der Waals surface area contributed by atoms with Gasteiger partial charge in [-0.1, -0.05) is 6.07 Å². The molecule has 5 amide bonds. The minimum atomic E-state index is -1.28. The fourth-order valence-corrected chi connectivity index (χ4v) is 8.50. The molecule has 4 aliphatic rings. The zero-order valence-corrected chi connectivity index (χ0v) is 30.3. The van der Waals surface area contributed by atoms with Gasteiger partial charge in [0.1, 0.15) is 17.6 Å². The van der Waals surface area contributed by atoms with Crippen LogP contribution in [0.25, 0.3) is 0 Å². The number of amides is 5. The molecule has 2 aromatic carbocycles. The van der Waals surface area contributed by atoms with Crippen LogP contribution in [0.4, 0.5) is 25.7 Å². The lowest BCUT2D eigenvalue weighted by Crippen LogP contribution is -2.53. The lowest BCUT2D eigenvalue weighted by molar-refractivity contribution is -0.121. The van der Waals surface area contributed by atoms with Crippen molar-refractivity contribution in [1.29, 1.82) is 0 Å². The molecule has 0 bridgehead atoms. The lowest BCUT2D eigenvalue weighted by Gasteiger charge is -2.43. The van der Waals surface area contributed by atoms with Crippen molar-refractivity contribution in [2.24, 2.45) is 0 Å². The van der Waals surface area contributed by atoms with E-state index in [1.54, 1.807) is 28.9 Å². The molecule has 0 aliphatic carbocycles. The molecule has 1 atom stereocenters. The largest absolute Gasteiger partial charge is 0.508 e. The Morgan fingerprint density at radius 3 is 2.57 bits per heavy atom. The number of benzene rings is 2. The van der Waals surface area contributed by atoms with Crippen LogP contribution in [0.2, 0.25) is 0 Å². The van der Waals surface area contributed by atoms with E-state index in [9.17, 15) is 28.7 Å². The van der Waals surface area contributed by atoms with Crippen LogP contribution in [-0.2, 0) is 22.7 Å². The third-order valence-electron chi connectivity index (χ3n) is 10.8. The van der Waals surface area contributed by atoms with Gasteiger partial charge in [0.25, 0.3) is 11.8 Å². The predicted octanol–water partition coefficient (Wildman–Crippen LogP) is 3.95. The summed E-state index contributed by atoms with van der Waals surface area (Å²) in [7, 11) is 0. The van der Waals surface area contributed by atoms with E-state index in [2.05, 4.69) is 35.3 Å². The standard InChI is InChI=1S/C38H40FN9O5S/c39-26-2-4-32(49)30(19-26)34(35(51)43-37-41-10-18-54-37)48-23-24-1-3-28(20-29(24)36(48)52)45-11-6-27(7-12-45)46-16-14-44(15-17-46)22-25-5-9-40-21-31(25)47-13-8-33(50)42-38(47)53/h1-5,9-10,18-21,27,34,49H,6-8,11-17,22-23H2,(H,41,43,51)(H,42,50,53). The van der Waals surface area contributed by atoms with Gasteiger partial charge in [0, 0.05) is 106 Å². The third kappa shape index (κ3) is 7.23. The molecule has 3 fully saturated rings. The number of carbonyl (C=O) groups excluding carboxylic acids is 4. The number of aromatic nitrogens is 2. The van der Waals surface area contributed by atoms with Crippen LogP contribution >= 0.6 is 11.3 Å². The average molecular weight is 754 g/mol. The summed E-state index contributed by atoms with van der Waals surface area (Å²) in [6, 6.07) is 9.90. The summed E-state index contributed by atoms with van der Waals surface area (Å²) in [6.45, 7) is 6.49. The van der Waals surface area contributed by atoms with E-state index in [0.29, 0.717) is 29.8 Å². The quantitative estimate of drug-likeness (QED) is 0.229. The first kappa shape index (κ1) is 35.6. The fourth-order valence-electron chi connectivity index (χ4n) is 7.97.